The molecule has 2 N–H and O–H groups in total. The number of carbonyl (C=O) groups is 2. The van der Waals surface area contributed by atoms with E-state index >= 15 is 0 Å². The number of H-pyrrole nitrogens is 1. The van der Waals surface area contributed by atoms with Crippen molar-refractivity contribution in [2.24, 2.45) is 0 Å². The largest absolute Gasteiger partial charge is 0.497 e. The van der Waals surface area contributed by atoms with E-state index in [1.54, 1.807) is 12.0 Å². The number of hydrogen-bond donors (Lipinski definition) is 2. The molecule has 4 rings (SSSR count). The van der Waals surface area contributed by atoms with Gasteiger partial charge in [-0.25, -0.2) is 0 Å². The van der Waals surface area contributed by atoms with Crippen molar-refractivity contribution in [1.82, 2.24) is 15.2 Å². The fraction of sp³-hybridized carbons (Fsp3) is 0.273. The highest BCUT2D eigenvalue weighted by atomic mass is 16.5. The Balaban J connectivity index is 1.43. The van der Waals surface area contributed by atoms with E-state index in [1.165, 1.54) is 0 Å². The van der Waals surface area contributed by atoms with Crippen LogP contribution >= 0.6 is 0 Å². The summed E-state index contributed by atoms with van der Waals surface area (Å²) in [7, 11) is 1.62. The molecule has 144 valence electrons. The monoisotopic (exact) mass is 377 g/mol. The summed E-state index contributed by atoms with van der Waals surface area (Å²) in [6, 6.07) is 15.1. The first-order valence-corrected chi connectivity index (χ1v) is 9.41. The average Bonchev–Trinajstić information content (AvgIpc) is 3.31. The van der Waals surface area contributed by atoms with Gasteiger partial charge in [0.05, 0.1) is 7.11 Å². The number of nitrogens with one attached hydrogen (secondary N) is 2. The Labute approximate surface area is 163 Å². The van der Waals surface area contributed by atoms with E-state index < -0.39 is 6.04 Å². The highest BCUT2D eigenvalue weighted by Crippen LogP contribution is 2.25. The Morgan fingerprint density at radius 1 is 1.21 bits per heavy atom. The zero-order valence-corrected chi connectivity index (χ0v) is 15.8. The molecule has 6 heteroatoms. The van der Waals surface area contributed by atoms with Gasteiger partial charge >= 0.3 is 0 Å². The van der Waals surface area contributed by atoms with Crippen LogP contribution in [0.3, 0.4) is 0 Å². The van der Waals surface area contributed by atoms with Crippen molar-refractivity contribution >= 4 is 22.7 Å². The first kappa shape index (κ1) is 18.1. The minimum atomic E-state index is -0.431. The van der Waals surface area contributed by atoms with Crippen LogP contribution in [0.2, 0.25) is 0 Å². The molecule has 1 unspecified atom stereocenters. The van der Waals surface area contributed by atoms with E-state index in [9.17, 15) is 9.59 Å². The summed E-state index contributed by atoms with van der Waals surface area (Å²) in [5.41, 5.74) is 3.05. The van der Waals surface area contributed by atoms with Gasteiger partial charge in [-0.2, -0.15) is 0 Å². The first-order chi connectivity index (χ1) is 13.7. The summed E-state index contributed by atoms with van der Waals surface area (Å²) < 4.78 is 5.15. The summed E-state index contributed by atoms with van der Waals surface area (Å²) in [4.78, 5) is 30.1. The van der Waals surface area contributed by atoms with Gasteiger partial charge in [-0.15, -0.1) is 0 Å². The summed E-state index contributed by atoms with van der Waals surface area (Å²) in [6.45, 7) is 0.859. The third-order valence-corrected chi connectivity index (χ3v) is 5.27. The molecular formula is C22H23N3O3. The number of carbonyl (C=O) groups excluding carboxylic acids is 2. The number of nitrogens with zero attached hydrogens (tertiary/aromatic N) is 1. The van der Waals surface area contributed by atoms with Crippen molar-refractivity contribution in [2.75, 3.05) is 7.11 Å². The maximum atomic E-state index is 12.8. The molecule has 2 amide bonds. The van der Waals surface area contributed by atoms with Crippen molar-refractivity contribution in [3.8, 4) is 5.75 Å². The van der Waals surface area contributed by atoms with Gasteiger partial charge in [0.2, 0.25) is 11.8 Å². The second-order valence-corrected chi connectivity index (χ2v) is 7.00. The van der Waals surface area contributed by atoms with Gasteiger partial charge < -0.3 is 19.9 Å². The van der Waals surface area contributed by atoms with Gasteiger partial charge in [0.25, 0.3) is 0 Å². The molecule has 0 aliphatic carbocycles. The minimum Gasteiger partial charge on any atom is -0.497 e. The first-order valence-electron chi connectivity index (χ1n) is 9.41. The quantitative estimate of drug-likeness (QED) is 0.694. The van der Waals surface area contributed by atoms with Crippen molar-refractivity contribution in [2.45, 2.75) is 32.0 Å². The third kappa shape index (κ3) is 3.58. The normalized spacial score (nSPS) is 16.5. The SMILES string of the molecule is COc1ccc(CNC(=O)C2CCC(=O)N2Cc2c[nH]c3ccccc23)cc1. The molecule has 2 aromatic carbocycles. The molecule has 0 bridgehead atoms. The third-order valence-electron chi connectivity index (χ3n) is 5.27. The lowest BCUT2D eigenvalue weighted by Gasteiger charge is -2.24. The molecular weight excluding hydrogens is 354 g/mol. The van der Waals surface area contributed by atoms with Crippen molar-refractivity contribution in [1.29, 1.82) is 0 Å². The van der Waals surface area contributed by atoms with E-state index in [0.717, 1.165) is 27.8 Å². The summed E-state index contributed by atoms with van der Waals surface area (Å²) in [5, 5.41) is 4.05. The fourth-order valence-electron chi connectivity index (χ4n) is 3.70. The zero-order chi connectivity index (χ0) is 19.5. The van der Waals surface area contributed by atoms with Crippen molar-refractivity contribution in [3.05, 3.63) is 65.9 Å². The van der Waals surface area contributed by atoms with E-state index in [0.29, 0.717) is 25.9 Å². The number of likely N-dealkylation sites (tertiary alicyclic amines) is 1. The summed E-state index contributed by atoms with van der Waals surface area (Å²) in [6.07, 6.45) is 2.88. The molecule has 0 radical (unpaired) electrons. The predicted octanol–water partition coefficient (Wildman–Crippen LogP) is 2.98. The van der Waals surface area contributed by atoms with Crippen LogP contribution in [0.5, 0.6) is 5.75 Å². The number of benzene rings is 2. The van der Waals surface area contributed by atoms with Gasteiger partial charge in [0.1, 0.15) is 11.8 Å². The lowest BCUT2D eigenvalue weighted by molar-refractivity contribution is -0.135. The topological polar surface area (TPSA) is 74.4 Å². The lowest BCUT2D eigenvalue weighted by Crippen LogP contribution is -2.44. The van der Waals surface area contributed by atoms with Gasteiger partial charge in [-0.1, -0.05) is 30.3 Å². The van der Waals surface area contributed by atoms with Gasteiger partial charge in [0, 0.05) is 36.6 Å². The maximum absolute atomic E-state index is 12.8. The van der Waals surface area contributed by atoms with Crippen LogP contribution in [0.25, 0.3) is 10.9 Å². The Bertz CT molecular complexity index is 994. The number of fused-ring (bicyclic) bond motifs is 1. The van der Waals surface area contributed by atoms with Crippen LogP contribution in [0.15, 0.2) is 54.7 Å². The van der Waals surface area contributed by atoms with E-state index in [4.69, 9.17) is 4.74 Å². The highest BCUT2D eigenvalue weighted by Gasteiger charge is 2.36. The minimum absolute atomic E-state index is 0.0230. The number of rotatable bonds is 6. The molecule has 1 aliphatic rings. The molecule has 3 aromatic rings. The molecule has 1 saturated heterocycles. The summed E-state index contributed by atoms with van der Waals surface area (Å²) >= 11 is 0. The highest BCUT2D eigenvalue weighted by molar-refractivity contribution is 5.91. The Hall–Kier alpha value is -3.28. The van der Waals surface area contributed by atoms with E-state index in [1.807, 2.05) is 54.7 Å². The molecule has 1 fully saturated rings. The van der Waals surface area contributed by atoms with Crippen LogP contribution in [-0.4, -0.2) is 34.8 Å². The molecule has 0 spiro atoms. The lowest BCUT2D eigenvalue weighted by atomic mass is 10.1. The smallest absolute Gasteiger partial charge is 0.243 e. The maximum Gasteiger partial charge on any atom is 0.243 e. The predicted molar refractivity (Wildman–Crippen MR) is 107 cm³/mol. The van der Waals surface area contributed by atoms with Crippen LogP contribution < -0.4 is 10.1 Å². The van der Waals surface area contributed by atoms with Gasteiger partial charge in [0.15, 0.2) is 0 Å². The van der Waals surface area contributed by atoms with Crippen molar-refractivity contribution in [3.63, 3.8) is 0 Å². The molecule has 1 aliphatic heterocycles. The number of methoxy groups -OCH3 is 1. The number of para-hydroxylation sites is 1. The van der Waals surface area contributed by atoms with Crippen LogP contribution in [0, 0.1) is 0 Å². The molecule has 6 nitrogen and oxygen atoms in total. The molecule has 2 heterocycles. The standard InChI is InChI=1S/C22H23N3O3/c1-28-17-8-6-15(7-9-17)12-24-22(27)20-10-11-21(26)25(20)14-16-13-23-19-5-3-2-4-18(16)19/h2-9,13,20,23H,10-12,14H2,1H3,(H,24,27). The zero-order valence-electron chi connectivity index (χ0n) is 15.8. The molecule has 0 saturated carbocycles. The second-order valence-electron chi connectivity index (χ2n) is 7.00. The van der Waals surface area contributed by atoms with E-state index in [2.05, 4.69) is 10.3 Å². The van der Waals surface area contributed by atoms with E-state index in [-0.39, 0.29) is 11.8 Å². The molecule has 1 atom stereocenters. The van der Waals surface area contributed by atoms with Crippen molar-refractivity contribution < 1.29 is 14.3 Å². The molecule has 1 aromatic heterocycles. The Morgan fingerprint density at radius 3 is 2.79 bits per heavy atom. The van der Waals surface area contributed by atoms with Gasteiger partial charge in [-0.05, 0) is 35.7 Å². The number of ether oxygens (including phenoxy) is 1. The number of hydrogen-bond acceptors (Lipinski definition) is 3. The Kier molecular flexibility index (Phi) is 5.02. The number of aromatic nitrogens is 1. The molecule has 28 heavy (non-hydrogen) atoms. The number of amides is 2. The second kappa shape index (κ2) is 7.76. The van der Waals surface area contributed by atoms with Crippen LogP contribution in [0.4, 0.5) is 0 Å². The fourth-order valence-corrected chi connectivity index (χ4v) is 3.70. The van der Waals surface area contributed by atoms with Gasteiger partial charge in [-0.3, -0.25) is 9.59 Å². The van der Waals surface area contributed by atoms with Crippen LogP contribution in [-0.2, 0) is 22.7 Å². The summed E-state index contributed by atoms with van der Waals surface area (Å²) in [5.74, 6) is 0.692. The Morgan fingerprint density at radius 2 is 2.00 bits per heavy atom. The average molecular weight is 377 g/mol. The van der Waals surface area contributed by atoms with Crippen LogP contribution in [0.1, 0.15) is 24.0 Å². The number of aromatic amines is 1.